The molecule has 0 saturated heterocycles. The van der Waals surface area contributed by atoms with Gasteiger partial charge in [-0.1, -0.05) is 58.3 Å². The van der Waals surface area contributed by atoms with E-state index in [1.807, 2.05) is 0 Å². The van der Waals surface area contributed by atoms with Crippen LogP contribution in [0.5, 0.6) is 0 Å². The summed E-state index contributed by atoms with van der Waals surface area (Å²) in [6, 6.07) is 0. The van der Waals surface area contributed by atoms with Crippen LogP contribution in [-0.2, 0) is 4.79 Å². The summed E-state index contributed by atoms with van der Waals surface area (Å²) in [7, 11) is 0. The topological polar surface area (TPSA) is 55.1 Å². The van der Waals surface area contributed by atoms with Gasteiger partial charge in [-0.25, -0.2) is 0 Å². The molecule has 1 amide bonds. The first-order chi connectivity index (χ1) is 9.25. The molecule has 3 N–H and O–H groups in total. The highest BCUT2D eigenvalue weighted by Crippen LogP contribution is 2.35. The molecule has 19 heavy (non-hydrogen) atoms. The number of hydrogen-bond acceptors (Lipinski definition) is 2. The van der Waals surface area contributed by atoms with Crippen LogP contribution >= 0.6 is 0 Å². The van der Waals surface area contributed by atoms with Crippen molar-refractivity contribution < 1.29 is 4.79 Å². The van der Waals surface area contributed by atoms with E-state index in [2.05, 4.69) is 12.2 Å². The van der Waals surface area contributed by atoms with E-state index in [-0.39, 0.29) is 11.3 Å². The average molecular weight is 268 g/mol. The minimum absolute atomic E-state index is 0.211. The molecule has 0 radical (unpaired) electrons. The van der Waals surface area contributed by atoms with Crippen molar-refractivity contribution in [1.29, 1.82) is 0 Å². The Balaban J connectivity index is 2.15. The van der Waals surface area contributed by atoms with E-state index in [0.29, 0.717) is 6.54 Å². The van der Waals surface area contributed by atoms with Crippen molar-refractivity contribution in [3.8, 4) is 0 Å². The minimum atomic E-state index is -0.250. The Morgan fingerprint density at radius 3 is 2.32 bits per heavy atom. The Kier molecular flexibility index (Phi) is 8.11. The monoisotopic (exact) mass is 268 g/mol. The Morgan fingerprint density at radius 2 is 1.68 bits per heavy atom. The van der Waals surface area contributed by atoms with Crippen molar-refractivity contribution in [3.63, 3.8) is 0 Å². The van der Waals surface area contributed by atoms with Crippen molar-refractivity contribution >= 4 is 5.91 Å². The molecule has 0 atom stereocenters. The number of hydrogen-bond donors (Lipinski definition) is 2. The molecule has 0 aliphatic heterocycles. The van der Waals surface area contributed by atoms with E-state index >= 15 is 0 Å². The summed E-state index contributed by atoms with van der Waals surface area (Å²) >= 11 is 0. The number of carbonyl (C=O) groups excluding carboxylic acids is 1. The van der Waals surface area contributed by atoms with Gasteiger partial charge in [0.2, 0.25) is 5.91 Å². The van der Waals surface area contributed by atoms with E-state index in [4.69, 9.17) is 5.73 Å². The third-order valence-electron chi connectivity index (χ3n) is 4.50. The Morgan fingerprint density at radius 1 is 1.05 bits per heavy atom. The lowest BCUT2D eigenvalue weighted by Crippen LogP contribution is -2.47. The predicted octanol–water partition coefficient (Wildman–Crippen LogP) is 3.37. The fraction of sp³-hybridized carbons (Fsp3) is 0.938. The van der Waals surface area contributed by atoms with Crippen molar-refractivity contribution in [3.05, 3.63) is 0 Å². The molecule has 0 spiro atoms. The smallest absolute Gasteiger partial charge is 0.227 e. The zero-order chi connectivity index (χ0) is 14.0. The van der Waals surface area contributed by atoms with Gasteiger partial charge in [0.1, 0.15) is 0 Å². The van der Waals surface area contributed by atoms with Crippen molar-refractivity contribution in [2.75, 3.05) is 13.1 Å². The molecular formula is C16H32N2O. The first-order valence-corrected chi connectivity index (χ1v) is 8.23. The fourth-order valence-electron chi connectivity index (χ4n) is 3.05. The second kappa shape index (κ2) is 9.35. The normalized spacial score (nSPS) is 18.2. The fourth-order valence-corrected chi connectivity index (χ4v) is 3.05. The molecule has 1 saturated carbocycles. The lowest BCUT2D eigenvalue weighted by molar-refractivity contribution is -0.132. The van der Waals surface area contributed by atoms with Gasteiger partial charge < -0.3 is 11.1 Å². The number of carbonyl (C=O) groups is 1. The third kappa shape index (κ3) is 5.52. The van der Waals surface area contributed by atoms with Crippen LogP contribution in [0.1, 0.15) is 77.6 Å². The number of nitrogens with one attached hydrogen (secondary N) is 1. The van der Waals surface area contributed by atoms with Gasteiger partial charge in [0.15, 0.2) is 0 Å². The maximum Gasteiger partial charge on any atom is 0.227 e. The maximum atomic E-state index is 12.3. The van der Waals surface area contributed by atoms with E-state index in [1.165, 1.54) is 38.5 Å². The molecule has 1 fully saturated rings. The Labute approximate surface area is 118 Å². The zero-order valence-electron chi connectivity index (χ0n) is 12.7. The molecule has 0 aromatic rings. The van der Waals surface area contributed by atoms with Gasteiger partial charge in [0, 0.05) is 13.1 Å². The summed E-state index contributed by atoms with van der Waals surface area (Å²) in [5.74, 6) is 0.211. The van der Waals surface area contributed by atoms with Crippen LogP contribution in [0.4, 0.5) is 0 Å². The molecule has 0 heterocycles. The molecule has 0 bridgehead atoms. The average Bonchev–Trinajstić information content (AvgIpc) is 2.46. The Hall–Kier alpha value is -0.570. The van der Waals surface area contributed by atoms with Crippen molar-refractivity contribution in [1.82, 2.24) is 5.32 Å². The number of amides is 1. The van der Waals surface area contributed by atoms with Crippen LogP contribution in [0, 0.1) is 5.41 Å². The van der Waals surface area contributed by atoms with Gasteiger partial charge in [-0.15, -0.1) is 0 Å². The first-order valence-electron chi connectivity index (χ1n) is 8.23. The SMILES string of the molecule is CCCCCCCCNC(=O)C1(CN)CCCCC1. The van der Waals surface area contributed by atoms with Crippen LogP contribution in [0.3, 0.4) is 0 Å². The van der Waals surface area contributed by atoms with E-state index in [0.717, 1.165) is 38.6 Å². The van der Waals surface area contributed by atoms with Crippen LogP contribution in [-0.4, -0.2) is 19.0 Å². The lowest BCUT2D eigenvalue weighted by atomic mass is 9.73. The number of rotatable bonds is 9. The van der Waals surface area contributed by atoms with Gasteiger partial charge in [-0.2, -0.15) is 0 Å². The summed E-state index contributed by atoms with van der Waals surface area (Å²) in [6.07, 6.45) is 13.1. The molecule has 1 aliphatic rings. The summed E-state index contributed by atoms with van der Waals surface area (Å²) in [6.45, 7) is 3.57. The third-order valence-corrected chi connectivity index (χ3v) is 4.50. The molecule has 1 rings (SSSR count). The molecular weight excluding hydrogens is 236 g/mol. The largest absolute Gasteiger partial charge is 0.356 e. The van der Waals surface area contributed by atoms with E-state index in [1.54, 1.807) is 0 Å². The molecule has 1 aliphatic carbocycles. The van der Waals surface area contributed by atoms with E-state index < -0.39 is 0 Å². The predicted molar refractivity (Wildman–Crippen MR) is 81.0 cm³/mol. The molecule has 112 valence electrons. The quantitative estimate of drug-likeness (QED) is 0.630. The van der Waals surface area contributed by atoms with Gasteiger partial charge in [0.25, 0.3) is 0 Å². The second-order valence-corrected chi connectivity index (χ2v) is 6.07. The van der Waals surface area contributed by atoms with Crippen molar-refractivity contribution in [2.24, 2.45) is 11.1 Å². The van der Waals surface area contributed by atoms with Gasteiger partial charge in [0.05, 0.1) is 5.41 Å². The van der Waals surface area contributed by atoms with Crippen LogP contribution < -0.4 is 11.1 Å². The van der Waals surface area contributed by atoms with Crippen LogP contribution in [0.15, 0.2) is 0 Å². The van der Waals surface area contributed by atoms with Crippen LogP contribution in [0.2, 0.25) is 0 Å². The molecule has 3 nitrogen and oxygen atoms in total. The highest BCUT2D eigenvalue weighted by Gasteiger charge is 2.37. The molecule has 3 heteroatoms. The highest BCUT2D eigenvalue weighted by molar-refractivity contribution is 5.82. The van der Waals surface area contributed by atoms with Crippen LogP contribution in [0.25, 0.3) is 0 Å². The minimum Gasteiger partial charge on any atom is -0.356 e. The molecule has 0 unspecified atom stereocenters. The van der Waals surface area contributed by atoms with Gasteiger partial charge >= 0.3 is 0 Å². The van der Waals surface area contributed by atoms with Crippen molar-refractivity contribution in [2.45, 2.75) is 77.6 Å². The number of unbranched alkanes of at least 4 members (excludes halogenated alkanes) is 5. The molecule has 0 aromatic carbocycles. The first kappa shape index (κ1) is 16.5. The number of nitrogens with two attached hydrogens (primary N) is 1. The second-order valence-electron chi connectivity index (χ2n) is 6.07. The molecule has 0 aromatic heterocycles. The standard InChI is InChI=1S/C16H32N2O/c1-2-3-4-5-6-10-13-18-15(19)16(14-17)11-8-7-9-12-16/h2-14,17H2,1H3,(H,18,19). The summed E-state index contributed by atoms with van der Waals surface area (Å²) in [4.78, 5) is 12.3. The summed E-state index contributed by atoms with van der Waals surface area (Å²) in [5, 5.41) is 3.12. The Bertz CT molecular complexity index is 247. The highest BCUT2D eigenvalue weighted by atomic mass is 16.2. The maximum absolute atomic E-state index is 12.3. The van der Waals surface area contributed by atoms with E-state index in [9.17, 15) is 4.79 Å². The summed E-state index contributed by atoms with van der Waals surface area (Å²) in [5.41, 5.74) is 5.61. The zero-order valence-corrected chi connectivity index (χ0v) is 12.7. The lowest BCUT2D eigenvalue weighted by Gasteiger charge is -2.34. The van der Waals surface area contributed by atoms with Gasteiger partial charge in [-0.05, 0) is 19.3 Å². The summed E-state index contributed by atoms with van der Waals surface area (Å²) < 4.78 is 0. The van der Waals surface area contributed by atoms with Gasteiger partial charge in [-0.3, -0.25) is 4.79 Å².